The second-order valence-electron chi connectivity index (χ2n) is 13.7. The van der Waals surface area contributed by atoms with Gasteiger partial charge in [0.1, 0.15) is 22.3 Å². The molecule has 0 saturated heterocycles. The first kappa shape index (κ1) is 29.6. The molecule has 0 fully saturated rings. The Morgan fingerprint density at radius 3 is 1.57 bits per heavy atom. The summed E-state index contributed by atoms with van der Waals surface area (Å²) in [5.74, 6) is 0. The van der Waals surface area contributed by atoms with E-state index in [1.165, 1.54) is 32.8 Å². The van der Waals surface area contributed by atoms with Crippen LogP contribution in [0.3, 0.4) is 0 Å². The van der Waals surface area contributed by atoms with Crippen molar-refractivity contribution in [3.05, 3.63) is 188 Å². The summed E-state index contributed by atoms with van der Waals surface area (Å²) in [5, 5.41) is 9.25. The van der Waals surface area contributed by atoms with Gasteiger partial charge in [-0.25, -0.2) is 0 Å². The minimum Gasteiger partial charge on any atom is -0.456 e. The lowest BCUT2D eigenvalue weighted by molar-refractivity contribution is 0.669. The van der Waals surface area contributed by atoms with Crippen LogP contribution in [0.1, 0.15) is 0 Å². The van der Waals surface area contributed by atoms with E-state index in [1.807, 2.05) is 24.3 Å². The number of benzene rings is 9. The number of fused-ring (bicyclic) bond motifs is 9. The summed E-state index contributed by atoms with van der Waals surface area (Å²) >= 11 is 0. The van der Waals surface area contributed by atoms with Crippen LogP contribution in [0.2, 0.25) is 0 Å². The minimum absolute atomic E-state index is 0.880. The predicted molar refractivity (Wildman–Crippen MR) is 222 cm³/mol. The van der Waals surface area contributed by atoms with Crippen molar-refractivity contribution in [2.24, 2.45) is 0 Å². The summed E-state index contributed by atoms with van der Waals surface area (Å²) in [4.78, 5) is 2.34. The van der Waals surface area contributed by atoms with Crippen molar-refractivity contribution in [1.29, 1.82) is 0 Å². The summed E-state index contributed by atoms with van der Waals surface area (Å²) in [7, 11) is 0. The van der Waals surface area contributed by atoms with Crippen molar-refractivity contribution in [2.45, 2.75) is 0 Å². The molecule has 0 unspecified atom stereocenters. The second kappa shape index (κ2) is 11.7. The molecule has 3 nitrogen and oxygen atoms in total. The van der Waals surface area contributed by atoms with E-state index in [0.717, 1.165) is 71.9 Å². The maximum Gasteiger partial charge on any atom is 0.143 e. The largest absolute Gasteiger partial charge is 0.456 e. The zero-order valence-electron chi connectivity index (χ0n) is 28.7. The molecule has 0 N–H and O–H groups in total. The topological polar surface area (TPSA) is 29.5 Å². The van der Waals surface area contributed by atoms with Crippen molar-refractivity contribution in [3.63, 3.8) is 0 Å². The molecule has 2 heterocycles. The Labute approximate surface area is 305 Å². The van der Waals surface area contributed by atoms with E-state index in [2.05, 4.69) is 169 Å². The molecule has 53 heavy (non-hydrogen) atoms. The van der Waals surface area contributed by atoms with Gasteiger partial charge in [0.2, 0.25) is 0 Å². The van der Waals surface area contributed by atoms with E-state index < -0.39 is 0 Å². The molecule has 0 atom stereocenters. The first-order chi connectivity index (χ1) is 26.3. The quantitative estimate of drug-likeness (QED) is 0.182. The van der Waals surface area contributed by atoms with E-state index in [-0.39, 0.29) is 0 Å². The Morgan fingerprint density at radius 2 is 0.830 bits per heavy atom. The van der Waals surface area contributed by atoms with Crippen LogP contribution in [0.15, 0.2) is 197 Å². The fourth-order valence-corrected chi connectivity index (χ4v) is 8.14. The fourth-order valence-electron chi connectivity index (χ4n) is 8.14. The van der Waals surface area contributed by atoms with Crippen molar-refractivity contribution in [2.75, 3.05) is 4.90 Å². The van der Waals surface area contributed by atoms with E-state index in [0.29, 0.717) is 0 Å². The third-order valence-electron chi connectivity index (χ3n) is 10.7. The smallest absolute Gasteiger partial charge is 0.143 e. The van der Waals surface area contributed by atoms with E-state index in [9.17, 15) is 0 Å². The van der Waals surface area contributed by atoms with E-state index in [4.69, 9.17) is 8.83 Å². The summed E-state index contributed by atoms with van der Waals surface area (Å²) in [6.07, 6.45) is 0. The molecule has 0 saturated carbocycles. The van der Waals surface area contributed by atoms with Gasteiger partial charge in [-0.3, -0.25) is 0 Å². The molecule has 248 valence electrons. The monoisotopic (exact) mass is 677 g/mol. The average Bonchev–Trinajstić information content (AvgIpc) is 3.79. The highest BCUT2D eigenvalue weighted by Gasteiger charge is 2.18. The first-order valence-electron chi connectivity index (χ1n) is 18.0. The lowest BCUT2D eigenvalue weighted by atomic mass is 9.95. The SMILES string of the molecule is c1ccc2c(-c3ccc(N(c4ccc(-c5cc6c7ccccc7oc6c6ccccc56)cc4)c4ccc5oc6ccccc6c5c4)cc3)cccc2c1. The number of hydrogen-bond acceptors (Lipinski definition) is 3. The van der Waals surface area contributed by atoms with Gasteiger partial charge in [0.05, 0.1) is 0 Å². The van der Waals surface area contributed by atoms with Gasteiger partial charge >= 0.3 is 0 Å². The molecule has 0 amide bonds. The van der Waals surface area contributed by atoms with Crippen LogP contribution < -0.4 is 4.90 Å². The number of furan rings is 2. The highest BCUT2D eigenvalue weighted by atomic mass is 16.3. The molecule has 0 spiro atoms. The van der Waals surface area contributed by atoms with Crippen LogP contribution >= 0.6 is 0 Å². The molecule has 0 radical (unpaired) electrons. The lowest BCUT2D eigenvalue weighted by Gasteiger charge is -2.26. The third-order valence-corrected chi connectivity index (χ3v) is 10.7. The Hall–Kier alpha value is -7.10. The zero-order valence-corrected chi connectivity index (χ0v) is 28.7. The molecule has 0 aliphatic carbocycles. The van der Waals surface area contributed by atoms with Gasteiger partial charge in [-0.05, 0) is 99.1 Å². The van der Waals surface area contributed by atoms with E-state index in [1.54, 1.807) is 0 Å². The van der Waals surface area contributed by atoms with Crippen LogP contribution in [0.25, 0.3) is 87.7 Å². The average molecular weight is 678 g/mol. The molecule has 11 aromatic rings. The predicted octanol–water partition coefficient (Wildman–Crippen LogP) is 14.6. The van der Waals surface area contributed by atoms with Crippen molar-refractivity contribution in [3.8, 4) is 22.3 Å². The maximum absolute atomic E-state index is 6.40. The highest BCUT2D eigenvalue weighted by molar-refractivity contribution is 6.19. The molecule has 2 aromatic heterocycles. The summed E-state index contributed by atoms with van der Waals surface area (Å²) in [6, 6.07) is 66.9. The molecule has 0 aliphatic rings. The van der Waals surface area contributed by atoms with Crippen LogP contribution in [-0.4, -0.2) is 0 Å². The maximum atomic E-state index is 6.40. The molecule has 0 bridgehead atoms. The number of para-hydroxylation sites is 2. The van der Waals surface area contributed by atoms with Gasteiger partial charge in [0, 0.05) is 44.0 Å². The fraction of sp³-hybridized carbons (Fsp3) is 0. The number of anilines is 3. The highest BCUT2D eigenvalue weighted by Crippen LogP contribution is 2.43. The Balaban J connectivity index is 1.06. The van der Waals surface area contributed by atoms with Gasteiger partial charge in [0.15, 0.2) is 0 Å². The first-order valence-corrected chi connectivity index (χ1v) is 18.0. The van der Waals surface area contributed by atoms with Gasteiger partial charge in [0.25, 0.3) is 0 Å². The zero-order chi connectivity index (χ0) is 34.9. The van der Waals surface area contributed by atoms with Gasteiger partial charge in [-0.2, -0.15) is 0 Å². The van der Waals surface area contributed by atoms with Crippen molar-refractivity contribution in [1.82, 2.24) is 0 Å². The van der Waals surface area contributed by atoms with Crippen LogP contribution in [-0.2, 0) is 0 Å². The van der Waals surface area contributed by atoms with Crippen molar-refractivity contribution < 1.29 is 8.83 Å². The van der Waals surface area contributed by atoms with Crippen molar-refractivity contribution >= 4 is 82.5 Å². The summed E-state index contributed by atoms with van der Waals surface area (Å²) in [5.41, 5.74) is 11.6. The number of hydrogen-bond donors (Lipinski definition) is 0. The summed E-state index contributed by atoms with van der Waals surface area (Å²) in [6.45, 7) is 0. The number of rotatable bonds is 5. The molecule has 11 rings (SSSR count). The second-order valence-corrected chi connectivity index (χ2v) is 13.7. The Morgan fingerprint density at radius 1 is 0.302 bits per heavy atom. The van der Waals surface area contributed by atoms with E-state index >= 15 is 0 Å². The lowest BCUT2D eigenvalue weighted by Crippen LogP contribution is -2.09. The van der Waals surface area contributed by atoms with Crippen LogP contribution in [0.4, 0.5) is 17.1 Å². The van der Waals surface area contributed by atoms with Gasteiger partial charge < -0.3 is 13.7 Å². The normalized spacial score (nSPS) is 11.8. The minimum atomic E-state index is 0.880. The Kier molecular flexibility index (Phi) is 6.55. The molecule has 0 aliphatic heterocycles. The molecular weight excluding hydrogens is 647 g/mol. The summed E-state index contributed by atoms with van der Waals surface area (Å²) < 4.78 is 12.6. The van der Waals surface area contributed by atoms with Crippen LogP contribution in [0, 0.1) is 0 Å². The molecule has 9 aromatic carbocycles. The third kappa shape index (κ3) is 4.75. The standard InChI is InChI=1S/C50H31NO2/c1-2-12-38-32(10-1)11-9-17-39(38)33-20-24-35(25-21-33)51(37-28-29-49-45(30-37)41-14-5-7-18-47(41)52-49)36-26-22-34(23-27-36)44-31-46-42-15-6-8-19-48(42)53-50(46)43-16-4-3-13-40(43)44/h1-31H. The number of nitrogens with zero attached hydrogens (tertiary/aromatic N) is 1. The molecular formula is C50H31NO2. The van der Waals surface area contributed by atoms with Crippen LogP contribution in [0.5, 0.6) is 0 Å². The Bertz CT molecular complexity index is 3160. The van der Waals surface area contributed by atoms with Gasteiger partial charge in [-0.1, -0.05) is 127 Å². The molecule has 3 heteroatoms. The van der Waals surface area contributed by atoms with Gasteiger partial charge in [-0.15, -0.1) is 0 Å².